The van der Waals surface area contributed by atoms with Crippen LogP contribution in [-0.2, 0) is 4.79 Å². The highest BCUT2D eigenvalue weighted by Crippen LogP contribution is 2.35. The lowest BCUT2D eigenvalue weighted by Crippen LogP contribution is -2.09. The Labute approximate surface area is 207 Å². The lowest BCUT2D eigenvalue weighted by Gasteiger charge is -2.10. The van der Waals surface area contributed by atoms with Crippen LogP contribution < -0.4 is 10.1 Å². The van der Waals surface area contributed by atoms with Gasteiger partial charge in [-0.15, -0.1) is 10.2 Å². The van der Waals surface area contributed by atoms with Gasteiger partial charge in [-0.1, -0.05) is 40.6 Å². The fraction of sp³-hybridized carbons (Fsp3) is 0.0435. The lowest BCUT2D eigenvalue weighted by molar-refractivity contribution is -0.111. The number of carbonyl (C=O) groups excluding carboxylic acids is 1. The summed E-state index contributed by atoms with van der Waals surface area (Å²) in [4.78, 5) is 13.3. The molecule has 8 nitrogen and oxygen atoms in total. The molecule has 3 aromatic heterocycles. The summed E-state index contributed by atoms with van der Waals surface area (Å²) in [5.74, 6) is 1.20. The number of halogens is 2. The molecule has 5 rings (SSSR count). The molecule has 0 spiro atoms. The number of furan rings is 1. The van der Waals surface area contributed by atoms with Gasteiger partial charge in [-0.05, 0) is 48.5 Å². The van der Waals surface area contributed by atoms with Crippen LogP contribution in [-0.4, -0.2) is 32.8 Å². The summed E-state index contributed by atoms with van der Waals surface area (Å²) in [6, 6.07) is 14.2. The molecule has 11 heteroatoms. The van der Waals surface area contributed by atoms with Crippen molar-refractivity contribution in [1.82, 2.24) is 19.8 Å². The van der Waals surface area contributed by atoms with Crippen LogP contribution in [0.15, 0.2) is 65.4 Å². The molecule has 0 saturated carbocycles. The molecule has 2 aromatic carbocycles. The van der Waals surface area contributed by atoms with Gasteiger partial charge in [0.25, 0.3) is 0 Å². The quantitative estimate of drug-likeness (QED) is 0.277. The maximum absolute atomic E-state index is 12.6. The Hall–Kier alpha value is -3.66. The van der Waals surface area contributed by atoms with Crippen molar-refractivity contribution in [3.8, 4) is 27.6 Å². The minimum Gasteiger partial charge on any atom is -0.495 e. The fourth-order valence-corrected chi connectivity index (χ4v) is 4.44. The van der Waals surface area contributed by atoms with E-state index < -0.39 is 0 Å². The Kier molecular flexibility index (Phi) is 6.06. The minimum absolute atomic E-state index is 0.354. The second-order valence-electron chi connectivity index (χ2n) is 7.01. The number of carbonyl (C=O) groups is 1. The largest absolute Gasteiger partial charge is 0.495 e. The van der Waals surface area contributed by atoms with Gasteiger partial charge >= 0.3 is 0 Å². The number of ether oxygens (including phenoxy) is 1. The molecule has 0 atom stereocenters. The lowest BCUT2D eigenvalue weighted by atomic mass is 10.2. The van der Waals surface area contributed by atoms with E-state index in [0.29, 0.717) is 43.5 Å². The predicted octanol–water partition coefficient (Wildman–Crippen LogP) is 6.08. The zero-order chi connectivity index (χ0) is 23.7. The van der Waals surface area contributed by atoms with Gasteiger partial charge in [-0.25, -0.2) is 0 Å². The first kappa shape index (κ1) is 22.1. The van der Waals surface area contributed by atoms with Crippen molar-refractivity contribution in [1.29, 1.82) is 0 Å². The monoisotopic (exact) mass is 511 g/mol. The van der Waals surface area contributed by atoms with Gasteiger partial charge < -0.3 is 14.5 Å². The Morgan fingerprint density at radius 3 is 2.91 bits per heavy atom. The van der Waals surface area contributed by atoms with Crippen LogP contribution in [0.4, 0.5) is 5.69 Å². The molecule has 0 aliphatic carbocycles. The van der Waals surface area contributed by atoms with E-state index in [9.17, 15) is 4.79 Å². The molecule has 5 aromatic rings. The van der Waals surface area contributed by atoms with Crippen LogP contribution >= 0.6 is 34.5 Å². The van der Waals surface area contributed by atoms with Crippen molar-refractivity contribution in [2.24, 2.45) is 0 Å². The zero-order valence-corrected chi connectivity index (χ0v) is 19.9. The van der Waals surface area contributed by atoms with E-state index in [0.717, 1.165) is 10.6 Å². The normalized spacial score (nSPS) is 11.4. The van der Waals surface area contributed by atoms with Crippen LogP contribution in [0.5, 0.6) is 5.75 Å². The molecule has 3 heterocycles. The molecule has 0 fully saturated rings. The molecule has 34 heavy (non-hydrogen) atoms. The van der Waals surface area contributed by atoms with Crippen molar-refractivity contribution < 1.29 is 13.9 Å². The Bertz CT molecular complexity index is 1510. The zero-order valence-electron chi connectivity index (χ0n) is 17.5. The van der Waals surface area contributed by atoms with Crippen molar-refractivity contribution in [2.45, 2.75) is 0 Å². The van der Waals surface area contributed by atoms with Gasteiger partial charge in [0, 0.05) is 17.2 Å². The minimum atomic E-state index is -0.354. The topological polar surface area (TPSA) is 94.5 Å². The van der Waals surface area contributed by atoms with E-state index in [1.165, 1.54) is 30.8 Å². The number of methoxy groups -OCH3 is 1. The Balaban J connectivity index is 1.33. The Morgan fingerprint density at radius 1 is 1.21 bits per heavy atom. The third-order valence-corrected chi connectivity index (χ3v) is 6.61. The SMILES string of the molecule is COc1ccc(-c2nn3cnnc3s2)cc1NC(=O)/C=C/c1ccc(-c2cccc(Cl)c2Cl)o1. The summed E-state index contributed by atoms with van der Waals surface area (Å²) in [6.45, 7) is 0. The number of aromatic nitrogens is 4. The third-order valence-electron chi connectivity index (χ3n) is 4.83. The number of rotatable bonds is 6. The number of benzene rings is 2. The predicted molar refractivity (Wildman–Crippen MR) is 132 cm³/mol. The van der Waals surface area contributed by atoms with Crippen LogP contribution in [0.2, 0.25) is 10.0 Å². The maximum atomic E-state index is 12.6. The van der Waals surface area contributed by atoms with E-state index in [1.54, 1.807) is 47.0 Å². The molecule has 0 unspecified atom stereocenters. The van der Waals surface area contributed by atoms with Crippen LogP contribution in [0.3, 0.4) is 0 Å². The average Bonchev–Trinajstić information content (AvgIpc) is 3.56. The van der Waals surface area contributed by atoms with Crippen LogP contribution in [0.1, 0.15) is 5.76 Å². The van der Waals surface area contributed by atoms with Gasteiger partial charge in [-0.3, -0.25) is 4.79 Å². The molecule has 0 bridgehead atoms. The van der Waals surface area contributed by atoms with Gasteiger partial charge in [0.2, 0.25) is 10.9 Å². The fourth-order valence-electron chi connectivity index (χ4n) is 3.23. The third kappa shape index (κ3) is 4.41. The van der Waals surface area contributed by atoms with Crippen molar-refractivity contribution in [3.63, 3.8) is 0 Å². The maximum Gasteiger partial charge on any atom is 0.248 e. The molecule has 0 aliphatic heterocycles. The number of hydrogen-bond acceptors (Lipinski definition) is 7. The number of nitrogens with zero attached hydrogens (tertiary/aromatic N) is 4. The smallest absolute Gasteiger partial charge is 0.248 e. The van der Waals surface area contributed by atoms with E-state index in [1.807, 2.05) is 12.1 Å². The van der Waals surface area contributed by atoms with Crippen molar-refractivity contribution in [3.05, 3.63) is 76.7 Å². The molecular weight excluding hydrogens is 497 g/mol. The number of fused-ring (bicyclic) bond motifs is 1. The number of anilines is 1. The van der Waals surface area contributed by atoms with Crippen molar-refractivity contribution >= 4 is 57.2 Å². The number of nitrogens with one attached hydrogen (secondary N) is 1. The summed E-state index contributed by atoms with van der Waals surface area (Å²) >= 11 is 13.7. The average molecular weight is 512 g/mol. The van der Waals surface area contributed by atoms with E-state index >= 15 is 0 Å². The van der Waals surface area contributed by atoms with Gasteiger partial charge in [0.05, 0.1) is 22.8 Å². The molecule has 0 aliphatic rings. The highest BCUT2D eigenvalue weighted by atomic mass is 35.5. The molecule has 0 saturated heterocycles. The van der Waals surface area contributed by atoms with Gasteiger partial charge in [-0.2, -0.15) is 9.61 Å². The van der Waals surface area contributed by atoms with Crippen LogP contribution in [0.25, 0.3) is 32.9 Å². The number of hydrogen-bond donors (Lipinski definition) is 1. The van der Waals surface area contributed by atoms with Crippen LogP contribution in [0, 0.1) is 0 Å². The van der Waals surface area contributed by atoms with E-state index in [4.69, 9.17) is 32.4 Å². The number of amides is 1. The van der Waals surface area contributed by atoms with Crippen molar-refractivity contribution in [2.75, 3.05) is 12.4 Å². The molecular formula is C23H15Cl2N5O3S. The second kappa shape index (κ2) is 9.30. The standard InChI is InChI=1S/C23H15Cl2N5O3S/c1-32-19-8-5-13(22-29-30-12-26-28-23(30)34-22)11-17(19)27-20(31)10-7-14-6-9-18(33-14)15-3-2-4-16(24)21(15)25/h2-12H,1H3,(H,27,31)/b10-7+. The van der Waals surface area contributed by atoms with Gasteiger partial charge in [0.15, 0.2) is 0 Å². The van der Waals surface area contributed by atoms with E-state index in [2.05, 4.69) is 20.6 Å². The molecule has 0 radical (unpaired) electrons. The highest BCUT2D eigenvalue weighted by Gasteiger charge is 2.13. The first-order valence-electron chi connectivity index (χ1n) is 9.90. The Morgan fingerprint density at radius 2 is 2.09 bits per heavy atom. The molecule has 1 N–H and O–H groups in total. The molecule has 170 valence electrons. The molecule has 1 amide bonds. The second-order valence-corrected chi connectivity index (χ2v) is 8.75. The summed E-state index contributed by atoms with van der Waals surface area (Å²) in [7, 11) is 1.54. The first-order chi connectivity index (χ1) is 16.5. The summed E-state index contributed by atoms with van der Waals surface area (Å²) in [6.07, 6.45) is 4.47. The van der Waals surface area contributed by atoms with Gasteiger partial charge in [0.1, 0.15) is 28.6 Å². The first-order valence-corrected chi connectivity index (χ1v) is 11.5. The summed E-state index contributed by atoms with van der Waals surface area (Å²) < 4.78 is 12.8. The summed E-state index contributed by atoms with van der Waals surface area (Å²) in [5.41, 5.74) is 1.99. The van der Waals surface area contributed by atoms with E-state index in [-0.39, 0.29) is 5.91 Å². The summed E-state index contributed by atoms with van der Waals surface area (Å²) in [5, 5.41) is 16.7. The highest BCUT2D eigenvalue weighted by molar-refractivity contribution is 7.19.